The summed E-state index contributed by atoms with van der Waals surface area (Å²) in [6.45, 7) is 14.7. The second-order valence-electron chi connectivity index (χ2n) is 15.7. The average molecular weight is 834 g/mol. The van der Waals surface area contributed by atoms with Crippen LogP contribution in [0.4, 0.5) is 9.59 Å². The fourth-order valence-electron chi connectivity index (χ4n) is 5.95. The second kappa shape index (κ2) is 20.2. The summed E-state index contributed by atoms with van der Waals surface area (Å²) < 4.78 is 27.1. The van der Waals surface area contributed by atoms with Crippen LogP contribution < -0.4 is 14.2 Å². The van der Waals surface area contributed by atoms with Crippen molar-refractivity contribution in [2.24, 2.45) is 11.8 Å². The molecule has 17 heteroatoms. The molecule has 6 rings (SSSR count). The van der Waals surface area contributed by atoms with Gasteiger partial charge in [0.1, 0.15) is 34.2 Å². The summed E-state index contributed by atoms with van der Waals surface area (Å²) in [5.74, 6) is 2.32. The van der Waals surface area contributed by atoms with Crippen LogP contribution in [-0.4, -0.2) is 117 Å². The Morgan fingerprint density at radius 1 is 0.684 bits per heavy atom. The highest BCUT2D eigenvalue weighted by Gasteiger charge is 2.28. The number of amides is 2. The highest BCUT2D eigenvalue weighted by atomic mass is 35.5. The molecule has 2 fully saturated rings. The molecule has 2 amide bonds. The van der Waals surface area contributed by atoms with E-state index < -0.39 is 11.2 Å². The molecule has 0 aliphatic carbocycles. The Bertz CT molecular complexity index is 1960. The van der Waals surface area contributed by atoms with E-state index in [-0.39, 0.29) is 24.5 Å². The van der Waals surface area contributed by atoms with Crippen molar-refractivity contribution in [3.63, 3.8) is 0 Å². The lowest BCUT2D eigenvalue weighted by molar-refractivity contribution is 0.0152. The molecule has 2 aliphatic rings. The number of phenolic OH excluding ortho intramolecular Hbond substituents is 1. The van der Waals surface area contributed by atoms with Gasteiger partial charge in [0.05, 0.1) is 31.9 Å². The minimum atomic E-state index is -0.476. The number of methoxy groups -OCH3 is 2. The van der Waals surface area contributed by atoms with Crippen LogP contribution in [0, 0.1) is 11.8 Å². The van der Waals surface area contributed by atoms with Gasteiger partial charge in [0.25, 0.3) is 0 Å². The highest BCUT2D eigenvalue weighted by Crippen LogP contribution is 2.35. The normalized spacial score (nSPS) is 15.2. The smallest absolute Gasteiger partial charge is 0.410 e. The summed E-state index contributed by atoms with van der Waals surface area (Å²) in [7, 11) is 3.06. The quantitative estimate of drug-likeness (QED) is 0.179. The zero-order valence-electron chi connectivity index (χ0n) is 33.9. The Balaban J connectivity index is 0.000000209. The van der Waals surface area contributed by atoms with E-state index in [0.29, 0.717) is 88.6 Å². The predicted octanol–water partition coefficient (Wildman–Crippen LogP) is 7.94. The maximum Gasteiger partial charge on any atom is 0.410 e. The Morgan fingerprint density at radius 2 is 1.12 bits per heavy atom. The van der Waals surface area contributed by atoms with E-state index in [1.807, 2.05) is 47.6 Å². The number of fused-ring (bicyclic) bond motifs is 2. The van der Waals surface area contributed by atoms with Crippen LogP contribution in [0.3, 0.4) is 0 Å². The van der Waals surface area contributed by atoms with Gasteiger partial charge in [0.15, 0.2) is 23.0 Å². The Kier molecular flexibility index (Phi) is 16.0. The molecule has 2 aromatic carbocycles. The average Bonchev–Trinajstić information content (AvgIpc) is 3.16. The molecule has 4 aromatic rings. The van der Waals surface area contributed by atoms with Crippen LogP contribution >= 0.6 is 23.2 Å². The van der Waals surface area contributed by atoms with Gasteiger partial charge in [-0.25, -0.2) is 29.5 Å². The largest absolute Gasteiger partial charge is 0.504 e. The molecule has 0 radical (unpaired) electrons. The molecule has 0 spiro atoms. The van der Waals surface area contributed by atoms with Crippen molar-refractivity contribution >= 4 is 57.2 Å². The van der Waals surface area contributed by atoms with Crippen molar-refractivity contribution < 1.29 is 43.5 Å². The highest BCUT2D eigenvalue weighted by molar-refractivity contribution is 6.34. The van der Waals surface area contributed by atoms with E-state index in [2.05, 4.69) is 19.9 Å². The SMILES string of the molecule is CC(C)(C)OC(=O)N1CCC(CO)CC1.COc1cc2c(Cl)ncnc2cc1O.COc1cc2c(Cl)ncnc2cc1OCC1CCN(C(=O)OC(C)(C)C)CC1. The molecule has 0 bridgehead atoms. The van der Waals surface area contributed by atoms with E-state index in [1.165, 1.54) is 25.8 Å². The van der Waals surface area contributed by atoms with Crippen LogP contribution in [0.5, 0.6) is 23.0 Å². The molecule has 0 unspecified atom stereocenters. The predicted molar refractivity (Wildman–Crippen MR) is 218 cm³/mol. The van der Waals surface area contributed by atoms with E-state index in [9.17, 15) is 14.7 Å². The first-order valence-corrected chi connectivity index (χ1v) is 19.5. The van der Waals surface area contributed by atoms with Gasteiger partial charge in [-0.1, -0.05) is 23.2 Å². The number of phenols is 1. The van der Waals surface area contributed by atoms with Crippen molar-refractivity contribution in [2.75, 3.05) is 53.6 Å². The molecule has 2 aliphatic heterocycles. The molecule has 312 valence electrons. The van der Waals surface area contributed by atoms with Crippen molar-refractivity contribution in [1.82, 2.24) is 29.7 Å². The van der Waals surface area contributed by atoms with Crippen molar-refractivity contribution in [1.29, 1.82) is 0 Å². The molecule has 0 saturated carbocycles. The number of carbonyl (C=O) groups is 2. The summed E-state index contributed by atoms with van der Waals surface area (Å²) >= 11 is 12.0. The van der Waals surface area contributed by atoms with Crippen LogP contribution in [-0.2, 0) is 9.47 Å². The number of aliphatic hydroxyl groups excluding tert-OH is 1. The molecule has 0 atom stereocenters. The third kappa shape index (κ3) is 13.5. The molecular formula is C40H54Cl2N6O9. The fourth-order valence-corrected chi connectivity index (χ4v) is 6.34. The summed E-state index contributed by atoms with van der Waals surface area (Å²) in [5, 5.41) is 20.5. The number of ether oxygens (including phenoxy) is 5. The number of aromatic hydroxyl groups is 1. The lowest BCUT2D eigenvalue weighted by atomic mass is 9.98. The first kappa shape index (κ1) is 45.1. The van der Waals surface area contributed by atoms with E-state index in [0.717, 1.165) is 31.1 Å². The molecule has 2 aromatic heterocycles. The van der Waals surface area contributed by atoms with Crippen LogP contribution in [0.25, 0.3) is 21.8 Å². The Morgan fingerprint density at radius 3 is 1.56 bits per heavy atom. The zero-order chi connectivity index (χ0) is 41.9. The topological polar surface area (TPSA) is 179 Å². The molecule has 2 saturated heterocycles. The molecular weight excluding hydrogens is 779 g/mol. The van der Waals surface area contributed by atoms with Crippen LogP contribution in [0.15, 0.2) is 36.9 Å². The first-order valence-electron chi connectivity index (χ1n) is 18.8. The van der Waals surface area contributed by atoms with E-state index in [1.54, 1.807) is 29.0 Å². The summed E-state index contributed by atoms with van der Waals surface area (Å²) in [6.07, 6.45) is 5.75. The van der Waals surface area contributed by atoms with Gasteiger partial charge in [0.2, 0.25) is 0 Å². The van der Waals surface area contributed by atoms with Gasteiger partial charge < -0.3 is 43.7 Å². The number of halogens is 2. The van der Waals surface area contributed by atoms with Crippen molar-refractivity contribution in [3.8, 4) is 23.0 Å². The number of benzene rings is 2. The Labute approximate surface area is 343 Å². The fraction of sp³-hybridized carbons (Fsp3) is 0.550. The molecule has 2 N–H and O–H groups in total. The lowest BCUT2D eigenvalue weighted by Crippen LogP contribution is -2.42. The van der Waals surface area contributed by atoms with Gasteiger partial charge in [-0.2, -0.15) is 0 Å². The Hall–Kier alpha value is -4.60. The summed E-state index contributed by atoms with van der Waals surface area (Å²) in [6, 6.07) is 6.70. The third-order valence-electron chi connectivity index (χ3n) is 9.02. The maximum atomic E-state index is 12.2. The van der Waals surface area contributed by atoms with Crippen LogP contribution in [0.2, 0.25) is 10.3 Å². The number of hydrogen-bond donors (Lipinski definition) is 2. The lowest BCUT2D eigenvalue weighted by Gasteiger charge is -2.33. The van der Waals surface area contributed by atoms with E-state index >= 15 is 0 Å². The number of likely N-dealkylation sites (tertiary alicyclic amines) is 2. The van der Waals surface area contributed by atoms with Gasteiger partial charge in [0, 0.05) is 55.7 Å². The number of aromatic nitrogens is 4. The minimum Gasteiger partial charge on any atom is -0.504 e. The monoisotopic (exact) mass is 832 g/mol. The first-order chi connectivity index (χ1) is 26.9. The summed E-state index contributed by atoms with van der Waals surface area (Å²) in [4.78, 5) is 43.3. The van der Waals surface area contributed by atoms with Gasteiger partial charge in [-0.3, -0.25) is 0 Å². The zero-order valence-corrected chi connectivity index (χ0v) is 35.4. The minimum absolute atomic E-state index is 0.0368. The molecule has 57 heavy (non-hydrogen) atoms. The van der Waals surface area contributed by atoms with E-state index in [4.69, 9.17) is 52.0 Å². The number of hydrogen-bond acceptors (Lipinski definition) is 13. The maximum absolute atomic E-state index is 12.2. The number of rotatable bonds is 6. The van der Waals surface area contributed by atoms with Gasteiger partial charge in [-0.05, 0) is 91.2 Å². The molecule has 4 heterocycles. The standard InChI is InChI=1S/C20H26ClN3O4.C11H21NO3.C9H7ClN2O2/c1-20(2,3)28-19(25)24-7-5-13(6-8-24)11-27-17-10-15-14(9-16(17)26-4)18(21)23-12-22-15;1-11(2,3)15-10(14)12-6-4-9(8-13)5-7-12;1-14-8-2-5-6(3-7(8)13)11-4-12-9(5)10/h9-10,12-13H,5-8,11H2,1-4H3;9,13H,4-8H2,1-3H3;2-4,13H,1H3. The summed E-state index contributed by atoms with van der Waals surface area (Å²) in [5.41, 5.74) is 0.389. The number of aliphatic hydroxyl groups is 1. The third-order valence-corrected chi connectivity index (χ3v) is 9.63. The van der Waals surface area contributed by atoms with Crippen LogP contribution in [0.1, 0.15) is 67.2 Å². The number of piperidine rings is 2. The van der Waals surface area contributed by atoms with Crippen molar-refractivity contribution in [2.45, 2.75) is 78.4 Å². The second-order valence-corrected chi connectivity index (χ2v) is 16.4. The molecule has 15 nitrogen and oxygen atoms in total. The van der Waals surface area contributed by atoms with Gasteiger partial charge in [-0.15, -0.1) is 0 Å². The van der Waals surface area contributed by atoms with Crippen molar-refractivity contribution in [3.05, 3.63) is 47.2 Å². The van der Waals surface area contributed by atoms with Gasteiger partial charge >= 0.3 is 12.2 Å². The number of carbonyl (C=O) groups excluding carboxylic acids is 2. The number of nitrogens with zero attached hydrogens (tertiary/aromatic N) is 6.